The molecule has 0 fully saturated rings. The first-order valence-corrected chi connectivity index (χ1v) is 3.54. The van der Waals surface area contributed by atoms with Gasteiger partial charge in [0.15, 0.2) is 0 Å². The average Bonchev–Trinajstić information content (AvgIpc) is 1.86. The quantitative estimate of drug-likeness (QED) is 0.360. The summed E-state index contributed by atoms with van der Waals surface area (Å²) in [6.45, 7) is 5.46. The molecule has 0 saturated heterocycles. The maximum Gasteiger partial charge on any atom is 0.227 e. The molecule has 0 spiro atoms. The van der Waals surface area contributed by atoms with Gasteiger partial charge in [-0.3, -0.25) is 9.59 Å². The largest absolute Gasteiger partial charge is 0.355 e. The van der Waals surface area contributed by atoms with Crippen molar-refractivity contribution in [3.8, 4) is 0 Å². The van der Waals surface area contributed by atoms with Gasteiger partial charge in [-0.05, 0) is 13.3 Å². The Labute approximate surface area is 66.5 Å². The summed E-state index contributed by atoms with van der Waals surface area (Å²) >= 11 is 0. The van der Waals surface area contributed by atoms with Gasteiger partial charge in [-0.2, -0.15) is 0 Å². The molecule has 0 heterocycles. The van der Waals surface area contributed by atoms with E-state index in [2.05, 4.69) is 11.9 Å². The highest BCUT2D eigenvalue weighted by molar-refractivity contribution is 5.96. The van der Waals surface area contributed by atoms with Gasteiger partial charge in [-0.25, -0.2) is 0 Å². The first-order valence-electron chi connectivity index (χ1n) is 3.54. The number of nitrogens with one attached hydrogen (secondary N) is 1. The summed E-state index contributed by atoms with van der Waals surface area (Å²) in [4.78, 5) is 21.2. The number of ketones is 1. The molecule has 1 amide bonds. The van der Waals surface area contributed by atoms with Gasteiger partial charge in [0.2, 0.25) is 5.91 Å². The number of rotatable bonds is 5. The van der Waals surface area contributed by atoms with Crippen molar-refractivity contribution in [1.29, 1.82) is 0 Å². The lowest BCUT2D eigenvalue weighted by Gasteiger charge is -1.99. The van der Waals surface area contributed by atoms with Gasteiger partial charge < -0.3 is 5.32 Å². The predicted molar refractivity (Wildman–Crippen MR) is 43.1 cm³/mol. The van der Waals surface area contributed by atoms with Crippen LogP contribution in [0, 0.1) is 0 Å². The first-order chi connectivity index (χ1) is 5.16. The van der Waals surface area contributed by atoms with Crippen LogP contribution in [0.4, 0.5) is 0 Å². The smallest absolute Gasteiger partial charge is 0.227 e. The molecular weight excluding hydrogens is 142 g/mol. The van der Waals surface area contributed by atoms with Crippen molar-refractivity contribution in [3.63, 3.8) is 0 Å². The number of hydrogen-bond acceptors (Lipinski definition) is 2. The Kier molecular flexibility index (Phi) is 5.07. The molecule has 0 bridgehead atoms. The van der Waals surface area contributed by atoms with E-state index >= 15 is 0 Å². The molecule has 0 aromatic rings. The van der Waals surface area contributed by atoms with E-state index in [4.69, 9.17) is 0 Å². The molecule has 0 atom stereocenters. The van der Waals surface area contributed by atoms with Crippen LogP contribution >= 0.6 is 0 Å². The minimum absolute atomic E-state index is 0.0167. The minimum atomic E-state index is -0.209. The normalized spacial score (nSPS) is 8.82. The van der Waals surface area contributed by atoms with E-state index in [0.29, 0.717) is 6.54 Å². The zero-order chi connectivity index (χ0) is 8.69. The molecule has 0 saturated carbocycles. The maximum atomic E-state index is 10.8. The van der Waals surface area contributed by atoms with Crippen molar-refractivity contribution in [3.05, 3.63) is 12.7 Å². The molecule has 62 valence electrons. The number of hydrogen-bond donors (Lipinski definition) is 1. The topological polar surface area (TPSA) is 46.2 Å². The molecule has 0 aliphatic carbocycles. The van der Waals surface area contributed by atoms with E-state index in [9.17, 15) is 9.59 Å². The summed E-state index contributed by atoms with van der Waals surface area (Å²) in [7, 11) is 0. The summed E-state index contributed by atoms with van der Waals surface area (Å²) in [6, 6.07) is 0. The Balaban J connectivity index is 3.37. The summed E-state index contributed by atoms with van der Waals surface area (Å²) in [5.74, 6) is -0.319. The lowest BCUT2D eigenvalue weighted by Crippen LogP contribution is -2.25. The van der Waals surface area contributed by atoms with Crippen molar-refractivity contribution in [2.45, 2.75) is 19.8 Å². The van der Waals surface area contributed by atoms with Crippen molar-refractivity contribution in [1.82, 2.24) is 5.32 Å². The van der Waals surface area contributed by atoms with Gasteiger partial charge in [0.25, 0.3) is 0 Å². The summed E-state index contributed by atoms with van der Waals surface area (Å²) in [5, 5.41) is 2.58. The van der Waals surface area contributed by atoms with Crippen LogP contribution in [0.15, 0.2) is 12.7 Å². The Bertz CT molecular complexity index is 163. The number of amides is 1. The summed E-state index contributed by atoms with van der Waals surface area (Å²) in [6.07, 6.45) is 2.44. The lowest BCUT2D eigenvalue weighted by molar-refractivity contribution is -0.127. The monoisotopic (exact) mass is 155 g/mol. The minimum Gasteiger partial charge on any atom is -0.355 e. The fraction of sp³-hybridized carbons (Fsp3) is 0.500. The van der Waals surface area contributed by atoms with Crippen molar-refractivity contribution >= 4 is 11.7 Å². The Morgan fingerprint density at radius 1 is 1.55 bits per heavy atom. The van der Waals surface area contributed by atoms with Gasteiger partial charge >= 0.3 is 0 Å². The van der Waals surface area contributed by atoms with E-state index in [0.717, 1.165) is 6.42 Å². The molecule has 3 heteroatoms. The Hall–Kier alpha value is -1.12. The zero-order valence-electron chi connectivity index (χ0n) is 6.72. The van der Waals surface area contributed by atoms with Gasteiger partial charge in [0.05, 0.1) is 6.42 Å². The maximum absolute atomic E-state index is 10.8. The second kappa shape index (κ2) is 5.65. The van der Waals surface area contributed by atoms with Crippen LogP contribution in [0.25, 0.3) is 0 Å². The predicted octanol–water partition coefficient (Wildman–Crippen LogP) is 0.658. The van der Waals surface area contributed by atoms with Crippen LogP contribution in [-0.2, 0) is 9.59 Å². The van der Waals surface area contributed by atoms with Gasteiger partial charge in [0.1, 0.15) is 5.78 Å². The standard InChI is InChI=1S/C8H13NO2/c1-3-4-5-9-8(11)6-7(2)10/h3H,1,4-6H2,2H3,(H,9,11). The van der Waals surface area contributed by atoms with E-state index < -0.39 is 0 Å². The van der Waals surface area contributed by atoms with Crippen molar-refractivity contribution < 1.29 is 9.59 Å². The SMILES string of the molecule is C=CCCNC(=O)CC(C)=O. The number of carbonyl (C=O) groups excluding carboxylic acids is 2. The third-order valence-corrected chi connectivity index (χ3v) is 1.08. The molecule has 0 aromatic carbocycles. The fourth-order valence-corrected chi connectivity index (χ4v) is 0.602. The van der Waals surface area contributed by atoms with Crippen LogP contribution in [0.1, 0.15) is 19.8 Å². The highest BCUT2D eigenvalue weighted by atomic mass is 16.2. The zero-order valence-corrected chi connectivity index (χ0v) is 6.72. The second-order valence-electron chi connectivity index (χ2n) is 2.31. The van der Waals surface area contributed by atoms with Crippen LogP contribution in [-0.4, -0.2) is 18.2 Å². The van der Waals surface area contributed by atoms with Crippen molar-refractivity contribution in [2.24, 2.45) is 0 Å². The molecule has 11 heavy (non-hydrogen) atoms. The number of Topliss-reactive ketones (excluding diaryl/α,β-unsaturated/α-hetero) is 1. The van der Waals surface area contributed by atoms with E-state index in [1.165, 1.54) is 6.92 Å². The van der Waals surface area contributed by atoms with Crippen molar-refractivity contribution in [2.75, 3.05) is 6.54 Å². The molecule has 0 aliphatic rings. The Morgan fingerprint density at radius 3 is 2.64 bits per heavy atom. The van der Waals surface area contributed by atoms with E-state index in [1.54, 1.807) is 6.08 Å². The fourth-order valence-electron chi connectivity index (χ4n) is 0.602. The highest BCUT2D eigenvalue weighted by Gasteiger charge is 2.01. The molecule has 3 nitrogen and oxygen atoms in total. The molecular formula is C8H13NO2. The van der Waals surface area contributed by atoms with Gasteiger partial charge in [-0.1, -0.05) is 6.08 Å². The van der Waals surface area contributed by atoms with Crippen LogP contribution in [0.3, 0.4) is 0 Å². The summed E-state index contributed by atoms with van der Waals surface area (Å²) in [5.41, 5.74) is 0. The van der Waals surface area contributed by atoms with Crippen LogP contribution in [0.2, 0.25) is 0 Å². The third kappa shape index (κ3) is 6.77. The Morgan fingerprint density at radius 2 is 2.18 bits per heavy atom. The molecule has 0 unspecified atom stereocenters. The lowest BCUT2D eigenvalue weighted by atomic mass is 10.3. The second-order valence-corrected chi connectivity index (χ2v) is 2.31. The molecule has 0 aliphatic heterocycles. The van der Waals surface area contributed by atoms with Gasteiger partial charge in [0, 0.05) is 6.54 Å². The third-order valence-electron chi connectivity index (χ3n) is 1.08. The van der Waals surface area contributed by atoms with Gasteiger partial charge in [-0.15, -0.1) is 6.58 Å². The van der Waals surface area contributed by atoms with E-state index in [-0.39, 0.29) is 18.1 Å². The molecule has 0 rings (SSSR count). The molecule has 0 radical (unpaired) electrons. The highest BCUT2D eigenvalue weighted by Crippen LogP contribution is 1.82. The molecule has 0 aromatic heterocycles. The van der Waals surface area contributed by atoms with Crippen LogP contribution < -0.4 is 5.32 Å². The molecule has 1 N–H and O–H groups in total. The van der Waals surface area contributed by atoms with Crippen LogP contribution in [0.5, 0.6) is 0 Å². The number of carbonyl (C=O) groups is 2. The first kappa shape index (κ1) is 9.88. The summed E-state index contributed by atoms with van der Waals surface area (Å²) < 4.78 is 0. The average molecular weight is 155 g/mol. The van der Waals surface area contributed by atoms with E-state index in [1.807, 2.05) is 0 Å².